The maximum absolute atomic E-state index is 11.6. The van der Waals surface area contributed by atoms with Crippen molar-refractivity contribution in [2.45, 2.75) is 25.9 Å². The molecule has 1 aliphatic rings. The summed E-state index contributed by atoms with van der Waals surface area (Å²) in [7, 11) is 0. The number of hydrogen-bond donors (Lipinski definition) is 1. The van der Waals surface area contributed by atoms with E-state index in [-0.39, 0.29) is 12.4 Å². The summed E-state index contributed by atoms with van der Waals surface area (Å²) in [6.45, 7) is -0.0355. The Labute approximate surface area is 82.8 Å². The van der Waals surface area contributed by atoms with Crippen molar-refractivity contribution in [3.8, 4) is 0 Å². The second kappa shape index (κ2) is 3.88. The topological polar surface area (TPSA) is 50.2 Å². The molecule has 14 heavy (non-hydrogen) atoms. The van der Waals surface area contributed by atoms with Gasteiger partial charge in [-0.2, -0.15) is 0 Å². The van der Waals surface area contributed by atoms with Crippen molar-refractivity contribution < 1.29 is 9.90 Å². The Kier molecular flexibility index (Phi) is 2.59. The van der Waals surface area contributed by atoms with Crippen molar-refractivity contribution in [3.63, 3.8) is 0 Å². The van der Waals surface area contributed by atoms with Crippen molar-refractivity contribution >= 4 is 5.78 Å². The number of Topliss-reactive ketones (excluding diaryl/α,β-unsaturated/α-hetero) is 1. The van der Waals surface area contributed by atoms with Gasteiger partial charge in [0, 0.05) is 12.6 Å². The van der Waals surface area contributed by atoms with Gasteiger partial charge in [-0.3, -0.25) is 9.78 Å². The zero-order valence-electron chi connectivity index (χ0n) is 7.94. The number of aromatic nitrogens is 1. The summed E-state index contributed by atoms with van der Waals surface area (Å²) in [6.07, 6.45) is 4.53. The molecule has 74 valence electrons. The SMILES string of the molecule is O=C(CC1CC1)c1cc(CO)ccn1. The summed E-state index contributed by atoms with van der Waals surface area (Å²) in [5, 5.41) is 8.90. The third-order valence-corrected chi connectivity index (χ3v) is 2.46. The first-order chi connectivity index (χ1) is 6.79. The minimum absolute atomic E-state index is 0.0355. The van der Waals surface area contributed by atoms with Crippen LogP contribution in [0.15, 0.2) is 18.3 Å². The van der Waals surface area contributed by atoms with Crippen LogP contribution in [0.1, 0.15) is 35.3 Å². The van der Waals surface area contributed by atoms with Gasteiger partial charge in [-0.15, -0.1) is 0 Å². The van der Waals surface area contributed by atoms with E-state index in [0.717, 1.165) is 5.56 Å². The first-order valence-electron chi connectivity index (χ1n) is 4.88. The fraction of sp³-hybridized carbons (Fsp3) is 0.455. The Morgan fingerprint density at radius 3 is 3.00 bits per heavy atom. The van der Waals surface area contributed by atoms with Crippen LogP contribution < -0.4 is 0 Å². The fourth-order valence-electron chi connectivity index (χ4n) is 1.41. The monoisotopic (exact) mass is 191 g/mol. The minimum Gasteiger partial charge on any atom is -0.392 e. The smallest absolute Gasteiger partial charge is 0.181 e. The highest BCUT2D eigenvalue weighted by Crippen LogP contribution is 2.33. The van der Waals surface area contributed by atoms with Crippen LogP contribution in [0.3, 0.4) is 0 Å². The van der Waals surface area contributed by atoms with E-state index in [0.29, 0.717) is 18.0 Å². The van der Waals surface area contributed by atoms with Crippen LogP contribution in [0.25, 0.3) is 0 Å². The highest BCUT2D eigenvalue weighted by atomic mass is 16.3. The fourth-order valence-corrected chi connectivity index (χ4v) is 1.41. The molecule has 1 saturated carbocycles. The molecule has 0 atom stereocenters. The number of rotatable bonds is 4. The second-order valence-corrected chi connectivity index (χ2v) is 3.78. The summed E-state index contributed by atoms with van der Waals surface area (Å²) in [5.74, 6) is 0.685. The normalized spacial score (nSPS) is 15.5. The first-order valence-corrected chi connectivity index (χ1v) is 4.88. The van der Waals surface area contributed by atoms with E-state index in [1.54, 1.807) is 18.3 Å². The van der Waals surface area contributed by atoms with Crippen molar-refractivity contribution in [3.05, 3.63) is 29.6 Å². The predicted molar refractivity (Wildman–Crippen MR) is 51.8 cm³/mol. The average Bonchev–Trinajstić information content (AvgIpc) is 3.02. The maximum Gasteiger partial charge on any atom is 0.181 e. The van der Waals surface area contributed by atoms with Crippen molar-refractivity contribution in [2.75, 3.05) is 0 Å². The van der Waals surface area contributed by atoms with Gasteiger partial charge in [0.2, 0.25) is 0 Å². The van der Waals surface area contributed by atoms with E-state index < -0.39 is 0 Å². The lowest BCUT2D eigenvalue weighted by atomic mass is 10.1. The highest BCUT2D eigenvalue weighted by Gasteiger charge is 2.25. The second-order valence-electron chi connectivity index (χ2n) is 3.78. The minimum atomic E-state index is -0.0355. The molecule has 1 aliphatic carbocycles. The number of ketones is 1. The van der Waals surface area contributed by atoms with Crippen LogP contribution in [0, 0.1) is 5.92 Å². The quantitative estimate of drug-likeness (QED) is 0.735. The summed E-state index contributed by atoms with van der Waals surface area (Å²) < 4.78 is 0. The number of hydrogen-bond acceptors (Lipinski definition) is 3. The highest BCUT2D eigenvalue weighted by molar-refractivity contribution is 5.94. The number of nitrogens with zero attached hydrogens (tertiary/aromatic N) is 1. The van der Waals surface area contributed by atoms with E-state index in [2.05, 4.69) is 4.98 Å². The molecule has 0 aromatic carbocycles. The number of pyridine rings is 1. The molecular formula is C11H13NO2. The summed E-state index contributed by atoms with van der Waals surface area (Å²) in [6, 6.07) is 3.39. The molecule has 1 fully saturated rings. The molecule has 1 aromatic heterocycles. The first kappa shape index (κ1) is 9.34. The standard InChI is InChI=1S/C11H13NO2/c13-7-9-3-4-12-10(5-9)11(14)6-8-1-2-8/h3-5,8,13H,1-2,6-7H2. The van der Waals surface area contributed by atoms with Crippen LogP contribution >= 0.6 is 0 Å². The molecule has 3 heteroatoms. The lowest BCUT2D eigenvalue weighted by Crippen LogP contribution is -2.03. The third kappa shape index (κ3) is 2.17. The number of aliphatic hydroxyl groups is 1. The molecule has 2 rings (SSSR count). The Hall–Kier alpha value is -1.22. The summed E-state index contributed by atoms with van der Waals surface area (Å²) >= 11 is 0. The molecule has 3 nitrogen and oxygen atoms in total. The largest absolute Gasteiger partial charge is 0.392 e. The van der Waals surface area contributed by atoms with Crippen LogP contribution in [-0.4, -0.2) is 15.9 Å². The van der Waals surface area contributed by atoms with Gasteiger partial charge < -0.3 is 5.11 Å². The molecule has 0 spiro atoms. The van der Waals surface area contributed by atoms with Gasteiger partial charge in [0.25, 0.3) is 0 Å². The lowest BCUT2D eigenvalue weighted by Gasteiger charge is -2.00. The summed E-state index contributed by atoms with van der Waals surface area (Å²) in [4.78, 5) is 15.6. The molecule has 0 bridgehead atoms. The van der Waals surface area contributed by atoms with Crippen molar-refractivity contribution in [2.24, 2.45) is 5.92 Å². The molecule has 0 unspecified atom stereocenters. The Bertz CT molecular complexity index is 345. The Balaban J connectivity index is 2.09. The molecule has 1 heterocycles. The van der Waals surface area contributed by atoms with Crippen LogP contribution in [-0.2, 0) is 6.61 Å². The Morgan fingerprint density at radius 2 is 2.36 bits per heavy atom. The van der Waals surface area contributed by atoms with Gasteiger partial charge in [0.05, 0.1) is 6.61 Å². The van der Waals surface area contributed by atoms with Crippen molar-refractivity contribution in [1.29, 1.82) is 0 Å². The van der Waals surface area contributed by atoms with Gasteiger partial charge in [-0.25, -0.2) is 0 Å². The van der Waals surface area contributed by atoms with E-state index in [1.807, 2.05) is 0 Å². The predicted octanol–water partition coefficient (Wildman–Crippen LogP) is 1.56. The molecule has 0 saturated heterocycles. The Morgan fingerprint density at radius 1 is 1.57 bits per heavy atom. The zero-order valence-corrected chi connectivity index (χ0v) is 7.94. The molecule has 0 amide bonds. The molecule has 1 N–H and O–H groups in total. The maximum atomic E-state index is 11.6. The van der Waals surface area contributed by atoms with Crippen LogP contribution in [0.4, 0.5) is 0 Å². The molecule has 0 radical (unpaired) electrons. The lowest BCUT2D eigenvalue weighted by molar-refractivity contribution is 0.0971. The number of carbonyl (C=O) groups excluding carboxylic acids is 1. The number of aliphatic hydroxyl groups excluding tert-OH is 1. The van der Waals surface area contributed by atoms with Crippen LogP contribution in [0.2, 0.25) is 0 Å². The number of carbonyl (C=O) groups is 1. The van der Waals surface area contributed by atoms with E-state index in [9.17, 15) is 4.79 Å². The zero-order chi connectivity index (χ0) is 9.97. The molecular weight excluding hydrogens is 178 g/mol. The molecule has 0 aliphatic heterocycles. The van der Waals surface area contributed by atoms with Gasteiger partial charge in [-0.05, 0) is 36.5 Å². The van der Waals surface area contributed by atoms with E-state index in [4.69, 9.17) is 5.11 Å². The van der Waals surface area contributed by atoms with Gasteiger partial charge in [0.15, 0.2) is 5.78 Å². The molecule has 1 aromatic rings. The third-order valence-electron chi connectivity index (χ3n) is 2.46. The van der Waals surface area contributed by atoms with Gasteiger partial charge in [-0.1, -0.05) is 0 Å². The van der Waals surface area contributed by atoms with E-state index in [1.165, 1.54) is 12.8 Å². The van der Waals surface area contributed by atoms with Crippen molar-refractivity contribution in [1.82, 2.24) is 4.98 Å². The van der Waals surface area contributed by atoms with Gasteiger partial charge in [0.1, 0.15) is 5.69 Å². The van der Waals surface area contributed by atoms with Gasteiger partial charge >= 0.3 is 0 Å². The van der Waals surface area contributed by atoms with E-state index >= 15 is 0 Å². The van der Waals surface area contributed by atoms with Crippen LogP contribution in [0.5, 0.6) is 0 Å². The summed E-state index contributed by atoms with van der Waals surface area (Å²) in [5.41, 5.74) is 1.24. The average molecular weight is 191 g/mol.